The van der Waals surface area contributed by atoms with Gasteiger partial charge in [-0.05, 0) is 17.5 Å². The molecule has 0 saturated heterocycles. The molecule has 3 N–H and O–H groups in total. The SMILES string of the molecule is NC(=O)c1ccccc1-c1[nH]c2ncsc2c1-c1cccs1. The summed E-state index contributed by atoms with van der Waals surface area (Å²) in [6, 6.07) is 11.5. The Balaban J connectivity index is 2.06. The van der Waals surface area contributed by atoms with Crippen molar-refractivity contribution in [3.63, 3.8) is 0 Å². The van der Waals surface area contributed by atoms with Crippen molar-refractivity contribution in [2.24, 2.45) is 5.73 Å². The molecule has 0 aliphatic rings. The van der Waals surface area contributed by atoms with Crippen molar-refractivity contribution >= 4 is 38.9 Å². The lowest BCUT2D eigenvalue weighted by molar-refractivity contribution is 0.100. The van der Waals surface area contributed by atoms with Crippen LogP contribution >= 0.6 is 22.7 Å². The molecule has 0 saturated carbocycles. The molecule has 0 radical (unpaired) electrons. The Labute approximate surface area is 134 Å². The van der Waals surface area contributed by atoms with Crippen molar-refractivity contribution in [2.45, 2.75) is 0 Å². The number of nitrogens with zero attached hydrogens (tertiary/aromatic N) is 1. The van der Waals surface area contributed by atoms with Gasteiger partial charge in [0.25, 0.3) is 0 Å². The van der Waals surface area contributed by atoms with Gasteiger partial charge in [-0.2, -0.15) is 0 Å². The minimum Gasteiger partial charge on any atom is -0.366 e. The molecule has 6 heteroatoms. The van der Waals surface area contributed by atoms with Crippen molar-refractivity contribution in [3.8, 4) is 21.7 Å². The molecule has 108 valence electrons. The molecule has 0 unspecified atom stereocenters. The van der Waals surface area contributed by atoms with E-state index in [0.717, 1.165) is 32.0 Å². The van der Waals surface area contributed by atoms with Crippen LogP contribution in [0.5, 0.6) is 0 Å². The molecule has 4 aromatic rings. The Bertz CT molecular complexity index is 967. The van der Waals surface area contributed by atoms with Gasteiger partial charge in [0.05, 0.1) is 15.9 Å². The maximum absolute atomic E-state index is 11.7. The van der Waals surface area contributed by atoms with Crippen LogP contribution in [0.15, 0.2) is 47.3 Å². The second-order valence-corrected chi connectivity index (χ2v) is 6.59. The molecular formula is C16H11N3OS2. The van der Waals surface area contributed by atoms with E-state index >= 15 is 0 Å². The number of H-pyrrole nitrogens is 1. The van der Waals surface area contributed by atoms with E-state index in [1.165, 1.54) is 0 Å². The predicted octanol–water partition coefficient (Wildman–Crippen LogP) is 4.12. The van der Waals surface area contributed by atoms with Crippen molar-refractivity contribution in [1.82, 2.24) is 9.97 Å². The van der Waals surface area contributed by atoms with E-state index in [1.807, 2.05) is 35.2 Å². The zero-order valence-corrected chi connectivity index (χ0v) is 13.0. The third-order valence-corrected chi connectivity index (χ3v) is 5.25. The van der Waals surface area contributed by atoms with Gasteiger partial charge in [0.2, 0.25) is 5.91 Å². The van der Waals surface area contributed by atoms with Gasteiger partial charge in [0.15, 0.2) is 0 Å². The maximum Gasteiger partial charge on any atom is 0.249 e. The fourth-order valence-electron chi connectivity index (χ4n) is 2.58. The van der Waals surface area contributed by atoms with E-state index in [9.17, 15) is 4.79 Å². The first-order valence-electron chi connectivity index (χ1n) is 6.64. The summed E-state index contributed by atoms with van der Waals surface area (Å²) in [7, 11) is 0. The maximum atomic E-state index is 11.7. The number of primary amides is 1. The Kier molecular flexibility index (Phi) is 3.06. The van der Waals surface area contributed by atoms with E-state index in [4.69, 9.17) is 5.73 Å². The normalized spacial score (nSPS) is 11.1. The molecule has 0 aliphatic heterocycles. The van der Waals surface area contributed by atoms with Crippen LogP contribution in [0, 0.1) is 0 Å². The number of thiazole rings is 1. The first-order valence-corrected chi connectivity index (χ1v) is 8.40. The third-order valence-electron chi connectivity index (χ3n) is 3.52. The molecule has 0 bridgehead atoms. The number of hydrogen-bond acceptors (Lipinski definition) is 4. The fourth-order valence-corrected chi connectivity index (χ4v) is 4.24. The highest BCUT2D eigenvalue weighted by Crippen LogP contribution is 2.42. The molecule has 0 atom stereocenters. The quantitative estimate of drug-likeness (QED) is 0.595. The Morgan fingerprint density at radius 3 is 2.77 bits per heavy atom. The monoisotopic (exact) mass is 325 g/mol. The van der Waals surface area contributed by atoms with Crippen molar-refractivity contribution in [3.05, 3.63) is 52.9 Å². The van der Waals surface area contributed by atoms with Crippen molar-refractivity contribution in [2.75, 3.05) is 0 Å². The largest absolute Gasteiger partial charge is 0.366 e. The fraction of sp³-hybridized carbons (Fsp3) is 0. The standard InChI is InChI=1S/C16H11N3OS2/c17-15(20)10-5-2-1-4-9(10)13-12(11-6-3-7-21-11)14-16(19-13)18-8-22-14/h1-8,19H,(H2,17,20). The molecule has 3 aromatic heterocycles. The number of hydrogen-bond donors (Lipinski definition) is 2. The summed E-state index contributed by atoms with van der Waals surface area (Å²) in [5, 5.41) is 2.04. The molecule has 22 heavy (non-hydrogen) atoms. The Hall–Kier alpha value is -2.44. The Morgan fingerprint density at radius 1 is 1.14 bits per heavy atom. The summed E-state index contributed by atoms with van der Waals surface area (Å²) in [5.74, 6) is -0.432. The zero-order valence-electron chi connectivity index (χ0n) is 11.4. The number of aromatic nitrogens is 2. The van der Waals surface area contributed by atoms with Gasteiger partial charge in [-0.1, -0.05) is 24.3 Å². The Morgan fingerprint density at radius 2 is 2.00 bits per heavy atom. The molecule has 4 nitrogen and oxygen atoms in total. The van der Waals surface area contributed by atoms with E-state index in [0.29, 0.717) is 5.56 Å². The smallest absolute Gasteiger partial charge is 0.249 e. The molecular weight excluding hydrogens is 314 g/mol. The predicted molar refractivity (Wildman–Crippen MR) is 91.2 cm³/mol. The van der Waals surface area contributed by atoms with E-state index in [2.05, 4.69) is 16.0 Å². The molecule has 4 rings (SSSR count). The van der Waals surface area contributed by atoms with Crippen LogP contribution in [0.3, 0.4) is 0 Å². The molecule has 1 amide bonds. The van der Waals surface area contributed by atoms with Gasteiger partial charge < -0.3 is 10.7 Å². The second-order valence-electron chi connectivity index (χ2n) is 4.79. The molecule has 0 aliphatic carbocycles. The molecule has 0 fully saturated rings. The van der Waals surface area contributed by atoms with Crippen LogP contribution in [0.2, 0.25) is 0 Å². The first kappa shape index (κ1) is 13.2. The summed E-state index contributed by atoms with van der Waals surface area (Å²) >= 11 is 3.25. The lowest BCUT2D eigenvalue weighted by Gasteiger charge is -2.07. The lowest BCUT2D eigenvalue weighted by atomic mass is 10.0. The summed E-state index contributed by atoms with van der Waals surface area (Å²) in [6.07, 6.45) is 0. The number of rotatable bonds is 3. The minimum absolute atomic E-state index is 0.432. The zero-order chi connectivity index (χ0) is 15.1. The van der Waals surface area contributed by atoms with Crippen molar-refractivity contribution < 1.29 is 4.79 Å². The highest BCUT2D eigenvalue weighted by Gasteiger charge is 2.20. The van der Waals surface area contributed by atoms with Gasteiger partial charge in [-0.25, -0.2) is 4.98 Å². The molecule has 0 spiro atoms. The topological polar surface area (TPSA) is 71.8 Å². The summed E-state index contributed by atoms with van der Waals surface area (Å²) < 4.78 is 1.09. The first-order chi connectivity index (χ1) is 10.8. The third kappa shape index (κ3) is 1.96. The number of aromatic amines is 1. The van der Waals surface area contributed by atoms with Crippen LogP contribution in [-0.4, -0.2) is 15.9 Å². The number of thiophene rings is 1. The lowest BCUT2D eigenvalue weighted by Crippen LogP contribution is -2.12. The minimum atomic E-state index is -0.432. The number of carbonyl (C=O) groups excluding carboxylic acids is 1. The number of carbonyl (C=O) groups is 1. The molecule has 3 heterocycles. The molecule has 1 aromatic carbocycles. The second kappa shape index (κ2) is 5.08. The van der Waals surface area contributed by atoms with Gasteiger partial charge >= 0.3 is 0 Å². The van der Waals surface area contributed by atoms with Gasteiger partial charge in [0.1, 0.15) is 5.65 Å². The number of nitrogens with one attached hydrogen (secondary N) is 1. The average molecular weight is 325 g/mol. The van der Waals surface area contributed by atoms with Gasteiger partial charge in [-0.3, -0.25) is 4.79 Å². The van der Waals surface area contributed by atoms with E-state index in [-0.39, 0.29) is 0 Å². The van der Waals surface area contributed by atoms with Crippen LogP contribution in [0.1, 0.15) is 10.4 Å². The van der Waals surface area contributed by atoms with Gasteiger partial charge in [0, 0.05) is 21.6 Å². The van der Waals surface area contributed by atoms with Crippen LogP contribution in [0.4, 0.5) is 0 Å². The van der Waals surface area contributed by atoms with E-state index < -0.39 is 5.91 Å². The summed E-state index contributed by atoms with van der Waals surface area (Å²) in [6.45, 7) is 0. The number of amides is 1. The van der Waals surface area contributed by atoms with Gasteiger partial charge in [-0.15, -0.1) is 22.7 Å². The van der Waals surface area contributed by atoms with Crippen LogP contribution in [0.25, 0.3) is 32.0 Å². The van der Waals surface area contributed by atoms with Crippen LogP contribution in [-0.2, 0) is 0 Å². The summed E-state index contributed by atoms with van der Waals surface area (Å²) in [5.41, 5.74) is 11.5. The highest BCUT2D eigenvalue weighted by atomic mass is 32.1. The number of nitrogens with two attached hydrogens (primary N) is 1. The summed E-state index contributed by atoms with van der Waals surface area (Å²) in [4.78, 5) is 20.6. The van der Waals surface area contributed by atoms with Crippen LogP contribution < -0.4 is 5.73 Å². The number of benzene rings is 1. The number of fused-ring (bicyclic) bond motifs is 1. The van der Waals surface area contributed by atoms with E-state index in [1.54, 1.807) is 28.7 Å². The van der Waals surface area contributed by atoms with Crippen molar-refractivity contribution in [1.29, 1.82) is 0 Å². The highest BCUT2D eigenvalue weighted by molar-refractivity contribution is 7.18. The average Bonchev–Trinajstić information content (AvgIpc) is 3.23.